The third-order valence-electron chi connectivity index (χ3n) is 3.46. The van der Waals surface area contributed by atoms with Crippen LogP contribution in [-0.4, -0.2) is 37.2 Å². The van der Waals surface area contributed by atoms with E-state index in [-0.39, 0.29) is 0 Å². The molecule has 0 bridgehead atoms. The van der Waals surface area contributed by atoms with Crippen molar-refractivity contribution in [2.75, 3.05) is 7.11 Å². The molecule has 0 spiro atoms. The molecule has 3 aromatic heterocycles. The summed E-state index contributed by atoms with van der Waals surface area (Å²) >= 11 is 0. The number of nitrogens with zero attached hydrogens (tertiary/aromatic N) is 4. The second kappa shape index (κ2) is 4.27. The van der Waals surface area contributed by atoms with Crippen LogP contribution in [-0.2, 0) is 0 Å². The molecule has 0 saturated carbocycles. The van der Waals surface area contributed by atoms with Gasteiger partial charge in [-0.05, 0) is 25.1 Å². The number of ether oxygens (including phenoxy) is 1. The molecular weight excluding hydrogens is 268 g/mol. The number of hydrogen-bond acceptors (Lipinski definition) is 5. The first-order valence-electron chi connectivity index (χ1n) is 6.46. The van der Waals surface area contributed by atoms with E-state index in [0.717, 1.165) is 33.6 Å². The summed E-state index contributed by atoms with van der Waals surface area (Å²) in [5, 5.41) is 8.28. The second-order valence-electron chi connectivity index (χ2n) is 4.73. The molecule has 0 aliphatic carbocycles. The van der Waals surface area contributed by atoms with Gasteiger partial charge in [-0.25, -0.2) is 15.0 Å². The molecule has 0 aliphatic rings. The van der Waals surface area contributed by atoms with Crippen molar-refractivity contribution in [1.82, 2.24) is 30.1 Å². The van der Waals surface area contributed by atoms with E-state index in [0.29, 0.717) is 11.5 Å². The molecule has 0 unspecified atom stereocenters. The van der Waals surface area contributed by atoms with E-state index >= 15 is 0 Å². The van der Waals surface area contributed by atoms with Crippen molar-refractivity contribution >= 4 is 22.1 Å². The number of rotatable bonds is 2. The Bertz CT molecular complexity index is 955. The zero-order valence-electron chi connectivity index (χ0n) is 11.5. The van der Waals surface area contributed by atoms with Crippen molar-refractivity contribution in [1.29, 1.82) is 0 Å². The lowest BCUT2D eigenvalue weighted by Gasteiger charge is -1.98. The van der Waals surface area contributed by atoms with E-state index in [2.05, 4.69) is 30.1 Å². The Labute approximate surface area is 119 Å². The highest BCUT2D eigenvalue weighted by Crippen LogP contribution is 2.28. The Kier molecular flexibility index (Phi) is 2.41. The Morgan fingerprint density at radius 1 is 1.19 bits per heavy atom. The lowest BCUT2D eigenvalue weighted by atomic mass is 10.2. The maximum atomic E-state index is 5.27. The molecule has 0 amide bonds. The summed E-state index contributed by atoms with van der Waals surface area (Å²) in [4.78, 5) is 16.1. The number of aryl methyl sites for hydroxylation is 1. The molecule has 4 rings (SSSR count). The minimum atomic E-state index is 0.660. The summed E-state index contributed by atoms with van der Waals surface area (Å²) in [7, 11) is 1.64. The monoisotopic (exact) mass is 280 g/mol. The Morgan fingerprint density at radius 3 is 2.90 bits per heavy atom. The number of methoxy groups -OCH3 is 1. The maximum absolute atomic E-state index is 5.27. The quantitative estimate of drug-likeness (QED) is 0.587. The zero-order valence-corrected chi connectivity index (χ0v) is 11.5. The van der Waals surface area contributed by atoms with Crippen LogP contribution >= 0.6 is 0 Å². The number of hydrogen-bond donors (Lipinski definition) is 2. The van der Waals surface area contributed by atoms with Gasteiger partial charge in [0, 0.05) is 5.39 Å². The predicted molar refractivity (Wildman–Crippen MR) is 78.1 cm³/mol. The highest BCUT2D eigenvalue weighted by Gasteiger charge is 2.14. The summed E-state index contributed by atoms with van der Waals surface area (Å²) in [6.07, 6.45) is 1.52. The number of fused-ring (bicyclic) bond motifs is 2. The van der Waals surface area contributed by atoms with Gasteiger partial charge in [0.15, 0.2) is 11.5 Å². The summed E-state index contributed by atoms with van der Waals surface area (Å²) in [6, 6.07) is 5.75. The highest BCUT2D eigenvalue weighted by molar-refractivity contribution is 5.93. The van der Waals surface area contributed by atoms with E-state index in [9.17, 15) is 0 Å². The van der Waals surface area contributed by atoms with Crippen LogP contribution in [0.2, 0.25) is 0 Å². The van der Waals surface area contributed by atoms with E-state index in [1.807, 2.05) is 25.1 Å². The molecule has 3 heterocycles. The summed E-state index contributed by atoms with van der Waals surface area (Å²) in [6.45, 7) is 1.90. The molecule has 21 heavy (non-hydrogen) atoms. The molecule has 0 aliphatic heterocycles. The third kappa shape index (κ3) is 1.74. The molecule has 2 N–H and O–H groups in total. The standard InChI is InChI=1S/C14H12N6O/c1-7-11-13(16-6-15-7)18-14(17-11)12-9-5-8(21-2)3-4-10(9)19-20-12/h3-6H,1-2H3,(H,19,20)(H,15,16,17,18). The van der Waals surface area contributed by atoms with Crippen molar-refractivity contribution in [3.8, 4) is 17.3 Å². The smallest absolute Gasteiger partial charge is 0.161 e. The van der Waals surface area contributed by atoms with Gasteiger partial charge in [0.1, 0.15) is 23.3 Å². The fraction of sp³-hybridized carbons (Fsp3) is 0.143. The fourth-order valence-electron chi connectivity index (χ4n) is 2.36. The van der Waals surface area contributed by atoms with Gasteiger partial charge < -0.3 is 9.72 Å². The molecule has 0 atom stereocenters. The van der Waals surface area contributed by atoms with Crippen LogP contribution in [0.5, 0.6) is 5.75 Å². The van der Waals surface area contributed by atoms with Crippen molar-refractivity contribution in [2.45, 2.75) is 6.92 Å². The first kappa shape index (κ1) is 11.8. The average Bonchev–Trinajstić information content (AvgIpc) is 3.10. The SMILES string of the molecule is COc1ccc2[nH]nc(-c3nc4c(C)ncnc4[nH]3)c2c1. The van der Waals surface area contributed by atoms with Crippen molar-refractivity contribution in [3.05, 3.63) is 30.2 Å². The average molecular weight is 280 g/mol. The Morgan fingerprint density at radius 2 is 2.10 bits per heavy atom. The van der Waals surface area contributed by atoms with Crippen LogP contribution in [0.15, 0.2) is 24.5 Å². The van der Waals surface area contributed by atoms with Gasteiger partial charge in [-0.3, -0.25) is 5.10 Å². The number of imidazole rings is 1. The van der Waals surface area contributed by atoms with Gasteiger partial charge in [-0.15, -0.1) is 0 Å². The van der Waals surface area contributed by atoms with Crippen LogP contribution in [0, 0.1) is 6.92 Å². The largest absolute Gasteiger partial charge is 0.497 e. The summed E-state index contributed by atoms with van der Waals surface area (Å²) in [5.41, 5.74) is 3.96. The number of H-pyrrole nitrogens is 2. The van der Waals surface area contributed by atoms with Crippen LogP contribution < -0.4 is 4.74 Å². The van der Waals surface area contributed by atoms with Gasteiger partial charge in [0.25, 0.3) is 0 Å². The topological polar surface area (TPSA) is 92.4 Å². The predicted octanol–water partition coefficient (Wildman–Crippen LogP) is 2.21. The van der Waals surface area contributed by atoms with Crippen LogP contribution in [0.1, 0.15) is 5.69 Å². The summed E-state index contributed by atoms with van der Waals surface area (Å²) in [5.74, 6) is 1.44. The third-order valence-corrected chi connectivity index (χ3v) is 3.46. The van der Waals surface area contributed by atoms with E-state index < -0.39 is 0 Å². The van der Waals surface area contributed by atoms with Crippen molar-refractivity contribution in [2.24, 2.45) is 0 Å². The number of benzene rings is 1. The van der Waals surface area contributed by atoms with Gasteiger partial charge in [0.2, 0.25) is 0 Å². The summed E-state index contributed by atoms with van der Waals surface area (Å²) < 4.78 is 5.27. The lowest BCUT2D eigenvalue weighted by molar-refractivity contribution is 0.415. The number of aromatic nitrogens is 6. The second-order valence-corrected chi connectivity index (χ2v) is 4.73. The number of aromatic amines is 2. The van der Waals surface area contributed by atoms with Crippen LogP contribution in [0.25, 0.3) is 33.6 Å². The van der Waals surface area contributed by atoms with Gasteiger partial charge in [-0.2, -0.15) is 5.10 Å². The van der Waals surface area contributed by atoms with E-state index in [1.54, 1.807) is 7.11 Å². The molecular formula is C14H12N6O. The van der Waals surface area contributed by atoms with Gasteiger partial charge in [-0.1, -0.05) is 0 Å². The lowest BCUT2D eigenvalue weighted by Crippen LogP contribution is -1.84. The van der Waals surface area contributed by atoms with E-state index in [1.165, 1.54) is 6.33 Å². The maximum Gasteiger partial charge on any atom is 0.161 e. The van der Waals surface area contributed by atoms with Crippen LogP contribution in [0.4, 0.5) is 0 Å². The minimum absolute atomic E-state index is 0.660. The highest BCUT2D eigenvalue weighted by atomic mass is 16.5. The number of nitrogens with one attached hydrogen (secondary N) is 2. The van der Waals surface area contributed by atoms with Gasteiger partial charge in [0.05, 0.1) is 18.3 Å². The van der Waals surface area contributed by atoms with Crippen molar-refractivity contribution < 1.29 is 4.74 Å². The normalized spacial score (nSPS) is 11.3. The molecule has 0 saturated heterocycles. The first-order valence-corrected chi connectivity index (χ1v) is 6.46. The molecule has 7 heteroatoms. The Balaban J connectivity index is 1.97. The molecule has 4 aromatic rings. The minimum Gasteiger partial charge on any atom is -0.497 e. The van der Waals surface area contributed by atoms with Crippen LogP contribution in [0.3, 0.4) is 0 Å². The molecule has 104 valence electrons. The first-order chi connectivity index (χ1) is 10.3. The van der Waals surface area contributed by atoms with Gasteiger partial charge >= 0.3 is 0 Å². The fourth-order valence-corrected chi connectivity index (χ4v) is 2.36. The molecule has 1 aromatic carbocycles. The Hall–Kier alpha value is -2.96. The molecule has 0 radical (unpaired) electrons. The van der Waals surface area contributed by atoms with Crippen molar-refractivity contribution in [3.63, 3.8) is 0 Å². The zero-order chi connectivity index (χ0) is 14.4. The molecule has 7 nitrogen and oxygen atoms in total. The molecule has 0 fully saturated rings. The van der Waals surface area contributed by atoms with E-state index in [4.69, 9.17) is 4.74 Å².